The van der Waals surface area contributed by atoms with Crippen molar-refractivity contribution < 1.29 is 9.90 Å². The third-order valence-corrected chi connectivity index (χ3v) is 3.40. The van der Waals surface area contributed by atoms with Gasteiger partial charge in [0.05, 0.1) is 18.5 Å². The Bertz CT molecular complexity index is 411. The molecule has 0 aliphatic carbocycles. The highest BCUT2D eigenvalue weighted by Crippen LogP contribution is 2.21. The lowest BCUT2D eigenvalue weighted by molar-refractivity contribution is 0.0517. The van der Waals surface area contributed by atoms with E-state index in [4.69, 9.17) is 5.73 Å². The minimum absolute atomic E-state index is 0.119. The second-order valence-electron chi connectivity index (χ2n) is 4.70. The number of nitrogen functional groups attached to an aromatic ring is 1. The Labute approximate surface area is 106 Å². The minimum atomic E-state index is -0.307. The van der Waals surface area contributed by atoms with Gasteiger partial charge in [-0.05, 0) is 25.7 Å². The minimum Gasteiger partial charge on any atom is -0.393 e. The standard InChI is InChI=1S/C12H18N4O2/c1-8(17)9-2-4-16(5-3-9)12(18)10-6-15-11(13)7-14-10/h6-9,17H,2-5H2,1H3,(H2,13,15). The molecular formula is C12H18N4O2. The van der Waals surface area contributed by atoms with Crippen molar-refractivity contribution in [2.45, 2.75) is 25.9 Å². The molecule has 1 saturated heterocycles. The summed E-state index contributed by atoms with van der Waals surface area (Å²) in [5, 5.41) is 9.51. The number of hydrogen-bond acceptors (Lipinski definition) is 5. The number of nitrogens with two attached hydrogens (primary N) is 1. The van der Waals surface area contributed by atoms with Gasteiger partial charge in [-0.3, -0.25) is 4.79 Å². The highest BCUT2D eigenvalue weighted by Gasteiger charge is 2.26. The van der Waals surface area contributed by atoms with Gasteiger partial charge in [-0.2, -0.15) is 0 Å². The Kier molecular flexibility index (Phi) is 3.76. The van der Waals surface area contributed by atoms with E-state index in [1.165, 1.54) is 12.4 Å². The molecule has 1 atom stereocenters. The van der Waals surface area contributed by atoms with E-state index >= 15 is 0 Å². The van der Waals surface area contributed by atoms with Crippen LogP contribution in [0, 0.1) is 5.92 Å². The van der Waals surface area contributed by atoms with Crippen LogP contribution in [0.15, 0.2) is 12.4 Å². The molecule has 0 saturated carbocycles. The molecule has 18 heavy (non-hydrogen) atoms. The van der Waals surface area contributed by atoms with E-state index < -0.39 is 0 Å². The van der Waals surface area contributed by atoms with Crippen molar-refractivity contribution in [2.24, 2.45) is 5.92 Å². The fourth-order valence-electron chi connectivity index (χ4n) is 2.20. The molecule has 3 N–H and O–H groups in total. The van der Waals surface area contributed by atoms with Crippen LogP contribution in [0.1, 0.15) is 30.3 Å². The number of carbonyl (C=O) groups is 1. The third kappa shape index (κ3) is 2.76. The summed E-state index contributed by atoms with van der Waals surface area (Å²) in [5.74, 6) is 0.470. The Hall–Kier alpha value is -1.69. The van der Waals surface area contributed by atoms with Gasteiger partial charge >= 0.3 is 0 Å². The summed E-state index contributed by atoms with van der Waals surface area (Å²) in [4.78, 5) is 21.7. The lowest BCUT2D eigenvalue weighted by Crippen LogP contribution is -2.41. The number of hydrogen-bond donors (Lipinski definition) is 2. The number of aromatic nitrogens is 2. The summed E-state index contributed by atoms with van der Waals surface area (Å²) in [6.07, 6.45) is 4.13. The van der Waals surface area contributed by atoms with Crippen LogP contribution in [0.5, 0.6) is 0 Å². The van der Waals surface area contributed by atoms with E-state index in [1.54, 1.807) is 11.8 Å². The van der Waals surface area contributed by atoms with Crippen molar-refractivity contribution in [3.63, 3.8) is 0 Å². The van der Waals surface area contributed by atoms with E-state index in [-0.39, 0.29) is 17.9 Å². The fraction of sp³-hybridized carbons (Fsp3) is 0.583. The monoisotopic (exact) mass is 250 g/mol. The maximum absolute atomic E-state index is 12.1. The molecule has 1 amide bonds. The summed E-state index contributed by atoms with van der Waals surface area (Å²) in [6, 6.07) is 0. The quantitative estimate of drug-likeness (QED) is 0.787. The Morgan fingerprint density at radius 1 is 1.44 bits per heavy atom. The Balaban J connectivity index is 1.97. The van der Waals surface area contributed by atoms with E-state index in [1.807, 2.05) is 0 Å². The number of aliphatic hydroxyl groups excluding tert-OH is 1. The van der Waals surface area contributed by atoms with Gasteiger partial charge in [-0.15, -0.1) is 0 Å². The average molecular weight is 250 g/mol. The van der Waals surface area contributed by atoms with Gasteiger partial charge in [0.15, 0.2) is 0 Å². The molecule has 0 aromatic carbocycles. The average Bonchev–Trinajstić information content (AvgIpc) is 2.39. The number of amides is 1. The van der Waals surface area contributed by atoms with Gasteiger partial charge in [-0.25, -0.2) is 9.97 Å². The van der Waals surface area contributed by atoms with E-state index in [9.17, 15) is 9.90 Å². The largest absolute Gasteiger partial charge is 0.393 e. The summed E-state index contributed by atoms with van der Waals surface area (Å²) in [6.45, 7) is 3.11. The summed E-state index contributed by atoms with van der Waals surface area (Å²) >= 11 is 0. The lowest BCUT2D eigenvalue weighted by Gasteiger charge is -2.33. The first-order valence-electron chi connectivity index (χ1n) is 6.13. The van der Waals surface area contributed by atoms with Gasteiger partial charge < -0.3 is 15.7 Å². The normalized spacial score (nSPS) is 18.7. The van der Waals surface area contributed by atoms with Crippen molar-refractivity contribution >= 4 is 11.7 Å². The molecule has 6 nitrogen and oxygen atoms in total. The molecule has 1 aliphatic rings. The van der Waals surface area contributed by atoms with Gasteiger partial charge in [0.2, 0.25) is 0 Å². The van der Waals surface area contributed by atoms with Crippen molar-refractivity contribution in [3.8, 4) is 0 Å². The molecule has 1 aliphatic heterocycles. The first-order chi connectivity index (χ1) is 8.58. The van der Waals surface area contributed by atoms with Crippen LogP contribution in [0.25, 0.3) is 0 Å². The topological polar surface area (TPSA) is 92.3 Å². The zero-order valence-corrected chi connectivity index (χ0v) is 10.4. The summed E-state index contributed by atoms with van der Waals surface area (Å²) in [7, 11) is 0. The zero-order valence-electron chi connectivity index (χ0n) is 10.4. The number of aliphatic hydroxyl groups is 1. The van der Waals surface area contributed by atoms with Gasteiger partial charge in [0.25, 0.3) is 5.91 Å². The molecule has 0 bridgehead atoms. The number of piperidine rings is 1. The highest BCUT2D eigenvalue weighted by atomic mass is 16.3. The van der Waals surface area contributed by atoms with E-state index in [0.717, 1.165) is 12.8 Å². The van der Waals surface area contributed by atoms with Crippen molar-refractivity contribution in [2.75, 3.05) is 18.8 Å². The van der Waals surface area contributed by atoms with Gasteiger partial charge in [0.1, 0.15) is 11.5 Å². The Morgan fingerprint density at radius 2 is 2.11 bits per heavy atom. The van der Waals surface area contributed by atoms with Crippen LogP contribution in [-0.4, -0.2) is 45.1 Å². The van der Waals surface area contributed by atoms with Crippen LogP contribution in [0.4, 0.5) is 5.82 Å². The molecule has 2 rings (SSSR count). The number of anilines is 1. The van der Waals surface area contributed by atoms with Crippen LogP contribution in [0.2, 0.25) is 0 Å². The second kappa shape index (κ2) is 5.30. The smallest absolute Gasteiger partial charge is 0.274 e. The first-order valence-corrected chi connectivity index (χ1v) is 6.13. The molecule has 2 heterocycles. The molecular weight excluding hydrogens is 232 g/mol. The van der Waals surface area contributed by atoms with E-state index in [0.29, 0.717) is 24.6 Å². The zero-order chi connectivity index (χ0) is 13.1. The van der Waals surface area contributed by atoms with Crippen molar-refractivity contribution in [1.82, 2.24) is 14.9 Å². The Morgan fingerprint density at radius 3 is 2.61 bits per heavy atom. The maximum atomic E-state index is 12.1. The number of likely N-dealkylation sites (tertiary alicyclic amines) is 1. The highest BCUT2D eigenvalue weighted by molar-refractivity contribution is 5.92. The van der Waals surface area contributed by atoms with Gasteiger partial charge in [-0.1, -0.05) is 0 Å². The second-order valence-corrected chi connectivity index (χ2v) is 4.70. The van der Waals surface area contributed by atoms with Crippen LogP contribution in [0.3, 0.4) is 0 Å². The lowest BCUT2D eigenvalue weighted by atomic mass is 9.92. The van der Waals surface area contributed by atoms with Crippen molar-refractivity contribution in [1.29, 1.82) is 0 Å². The molecule has 1 aromatic heterocycles. The molecule has 0 radical (unpaired) electrons. The number of carbonyl (C=O) groups excluding carboxylic acids is 1. The number of nitrogens with zero attached hydrogens (tertiary/aromatic N) is 3. The number of rotatable bonds is 2. The molecule has 6 heteroatoms. The summed E-state index contributed by atoms with van der Waals surface area (Å²) in [5.41, 5.74) is 5.75. The van der Waals surface area contributed by atoms with Crippen LogP contribution < -0.4 is 5.73 Å². The fourth-order valence-corrected chi connectivity index (χ4v) is 2.20. The first kappa shape index (κ1) is 12.8. The molecule has 1 fully saturated rings. The third-order valence-electron chi connectivity index (χ3n) is 3.40. The predicted octanol–water partition coefficient (Wildman–Crippen LogP) is 0.292. The van der Waals surface area contributed by atoms with Gasteiger partial charge in [0, 0.05) is 13.1 Å². The molecule has 0 spiro atoms. The van der Waals surface area contributed by atoms with Crippen molar-refractivity contribution in [3.05, 3.63) is 18.1 Å². The molecule has 1 unspecified atom stereocenters. The van der Waals surface area contributed by atoms with Crippen LogP contribution in [-0.2, 0) is 0 Å². The molecule has 98 valence electrons. The SMILES string of the molecule is CC(O)C1CCN(C(=O)c2cnc(N)cn2)CC1. The van der Waals surface area contributed by atoms with Crippen LogP contribution >= 0.6 is 0 Å². The molecule has 1 aromatic rings. The van der Waals surface area contributed by atoms with E-state index in [2.05, 4.69) is 9.97 Å². The maximum Gasteiger partial charge on any atom is 0.274 e. The summed E-state index contributed by atoms with van der Waals surface area (Å²) < 4.78 is 0. The predicted molar refractivity (Wildman–Crippen MR) is 66.8 cm³/mol.